The molecule has 0 saturated carbocycles. The minimum absolute atomic E-state index is 0.0722. The molecule has 24 heavy (non-hydrogen) atoms. The van der Waals surface area contributed by atoms with E-state index in [4.69, 9.17) is 8.37 Å². The van der Waals surface area contributed by atoms with Crippen molar-refractivity contribution in [1.82, 2.24) is 9.44 Å². The summed E-state index contributed by atoms with van der Waals surface area (Å²) in [4.78, 5) is 11.2. The summed E-state index contributed by atoms with van der Waals surface area (Å²) in [6.45, 7) is 0. The van der Waals surface area contributed by atoms with E-state index in [1.54, 1.807) is 0 Å². The molecule has 0 amide bonds. The first-order valence-electron chi connectivity index (χ1n) is 6.28. The van der Waals surface area contributed by atoms with Crippen LogP contribution in [0.4, 0.5) is 0 Å². The van der Waals surface area contributed by atoms with Crippen LogP contribution in [0, 0.1) is 0 Å². The van der Waals surface area contributed by atoms with Gasteiger partial charge in [0.25, 0.3) is 0 Å². The van der Waals surface area contributed by atoms with Crippen molar-refractivity contribution in [2.24, 2.45) is 0 Å². The average Bonchev–Trinajstić information content (AvgIpc) is 2.54. The molecule has 134 valence electrons. The van der Waals surface area contributed by atoms with E-state index in [0.29, 0.717) is 0 Å². The number of carbonyl (C=O) groups is 1. The van der Waals surface area contributed by atoms with E-state index in [2.05, 4.69) is 4.74 Å². The first-order chi connectivity index (χ1) is 11.1. The molecule has 0 heterocycles. The molecular weight excluding hydrogens is 364 g/mol. The van der Waals surface area contributed by atoms with Crippen LogP contribution < -0.4 is 17.8 Å². The Morgan fingerprint density at radius 3 is 2.17 bits per heavy atom. The van der Waals surface area contributed by atoms with Gasteiger partial charge >= 0.3 is 26.6 Å². The van der Waals surface area contributed by atoms with E-state index in [1.807, 2.05) is 9.44 Å². The second-order valence-electron chi connectivity index (χ2n) is 4.04. The van der Waals surface area contributed by atoms with E-state index in [9.17, 15) is 21.6 Å². The van der Waals surface area contributed by atoms with Gasteiger partial charge in [-0.25, -0.2) is 4.79 Å². The normalized spacial score (nSPS) is 12.1. The van der Waals surface area contributed by atoms with E-state index < -0.39 is 26.6 Å². The lowest BCUT2D eigenvalue weighted by Crippen LogP contribution is -2.25. The summed E-state index contributed by atoms with van der Waals surface area (Å²) in [5, 5.41) is 0. The number of rotatable bonds is 8. The number of esters is 1. The van der Waals surface area contributed by atoms with Crippen molar-refractivity contribution in [3.05, 3.63) is 29.8 Å². The summed E-state index contributed by atoms with van der Waals surface area (Å²) in [6.07, 6.45) is 2.19. The smallest absolute Gasteiger partial charge is 0.382 e. The van der Waals surface area contributed by atoms with Crippen LogP contribution in [0.5, 0.6) is 11.5 Å². The zero-order valence-electron chi connectivity index (χ0n) is 13.0. The lowest BCUT2D eigenvalue weighted by molar-refractivity contribution is -0.134. The molecular formula is C12H16N2O8S2. The predicted molar refractivity (Wildman–Crippen MR) is 84.7 cm³/mol. The summed E-state index contributed by atoms with van der Waals surface area (Å²) >= 11 is 0. The van der Waals surface area contributed by atoms with Crippen LogP contribution in [0.3, 0.4) is 0 Å². The average molecular weight is 380 g/mol. The SMILES string of the molecule is CNS(=O)(=O)Oc1ccc(OS(=O)(=O)NC)c(/C=C/C(=O)OC)c1. The minimum atomic E-state index is -4.06. The summed E-state index contributed by atoms with van der Waals surface area (Å²) < 4.78 is 63.6. The zero-order chi connectivity index (χ0) is 18.4. The number of ether oxygens (including phenoxy) is 1. The van der Waals surface area contributed by atoms with Crippen molar-refractivity contribution in [3.8, 4) is 11.5 Å². The van der Waals surface area contributed by atoms with Crippen LogP contribution in [0.25, 0.3) is 6.08 Å². The Morgan fingerprint density at radius 2 is 1.62 bits per heavy atom. The second-order valence-corrected chi connectivity index (χ2v) is 7.01. The van der Waals surface area contributed by atoms with E-state index in [0.717, 1.165) is 27.3 Å². The Morgan fingerprint density at radius 1 is 1.04 bits per heavy atom. The first-order valence-corrected chi connectivity index (χ1v) is 9.10. The standard InChI is InChI=1S/C12H16N2O8S2/c1-13-23(16,17)21-10-5-6-11(22-24(18,19)14-2)9(8-10)4-7-12(15)20-3/h4-8,13-14H,1-3H3/b7-4+. The van der Waals surface area contributed by atoms with Crippen LogP contribution in [-0.4, -0.2) is 44.0 Å². The first kappa shape index (κ1) is 19.9. The van der Waals surface area contributed by atoms with Gasteiger partial charge in [-0.15, -0.1) is 0 Å². The highest BCUT2D eigenvalue weighted by Crippen LogP contribution is 2.27. The number of hydrogen-bond acceptors (Lipinski definition) is 8. The summed E-state index contributed by atoms with van der Waals surface area (Å²) in [6, 6.07) is 3.53. The molecule has 0 spiro atoms. The zero-order valence-corrected chi connectivity index (χ0v) is 14.6. The van der Waals surface area contributed by atoms with Crippen molar-refractivity contribution in [3.63, 3.8) is 0 Å². The van der Waals surface area contributed by atoms with Crippen LogP contribution in [-0.2, 0) is 30.1 Å². The van der Waals surface area contributed by atoms with Gasteiger partial charge in [0.1, 0.15) is 5.75 Å². The summed E-state index contributed by atoms with van der Waals surface area (Å²) in [5.41, 5.74) is 0.0722. The molecule has 0 aliphatic rings. The lowest BCUT2D eigenvalue weighted by Gasteiger charge is -2.11. The molecule has 1 aromatic carbocycles. The van der Waals surface area contributed by atoms with Gasteiger partial charge in [-0.05, 0) is 24.3 Å². The third-order valence-corrected chi connectivity index (χ3v) is 4.30. The monoisotopic (exact) mass is 380 g/mol. The highest BCUT2D eigenvalue weighted by molar-refractivity contribution is 7.85. The van der Waals surface area contributed by atoms with Gasteiger partial charge < -0.3 is 13.1 Å². The van der Waals surface area contributed by atoms with Crippen molar-refractivity contribution in [2.75, 3.05) is 21.2 Å². The molecule has 0 fully saturated rings. The van der Waals surface area contributed by atoms with Gasteiger partial charge in [0, 0.05) is 25.7 Å². The largest absolute Gasteiger partial charge is 0.466 e. The van der Waals surface area contributed by atoms with Crippen molar-refractivity contribution in [2.45, 2.75) is 0 Å². The number of carbonyl (C=O) groups excluding carboxylic acids is 1. The molecule has 1 rings (SSSR count). The molecule has 0 saturated heterocycles. The molecule has 0 radical (unpaired) electrons. The summed E-state index contributed by atoms with van der Waals surface area (Å²) in [5.74, 6) is -0.978. The van der Waals surface area contributed by atoms with Gasteiger partial charge in [-0.3, -0.25) is 0 Å². The van der Waals surface area contributed by atoms with Crippen LogP contribution in [0.2, 0.25) is 0 Å². The van der Waals surface area contributed by atoms with Crippen LogP contribution >= 0.6 is 0 Å². The van der Waals surface area contributed by atoms with Crippen molar-refractivity contribution >= 4 is 32.7 Å². The lowest BCUT2D eigenvalue weighted by atomic mass is 10.2. The molecule has 0 bridgehead atoms. The number of hydrogen-bond donors (Lipinski definition) is 2. The number of nitrogens with one attached hydrogen (secondary N) is 2. The summed E-state index contributed by atoms with van der Waals surface area (Å²) in [7, 11) is -4.61. The Balaban J connectivity index is 3.28. The fraction of sp³-hybridized carbons (Fsp3) is 0.250. The van der Waals surface area contributed by atoms with E-state index >= 15 is 0 Å². The fourth-order valence-electron chi connectivity index (χ4n) is 1.34. The number of methoxy groups -OCH3 is 1. The Labute approximate surface area is 139 Å². The van der Waals surface area contributed by atoms with Crippen molar-refractivity contribution in [1.29, 1.82) is 0 Å². The molecule has 0 aromatic heterocycles. The van der Waals surface area contributed by atoms with Crippen molar-refractivity contribution < 1.29 is 34.7 Å². The van der Waals surface area contributed by atoms with Crippen LogP contribution in [0.15, 0.2) is 24.3 Å². The van der Waals surface area contributed by atoms with E-state index in [1.165, 1.54) is 24.3 Å². The quantitative estimate of drug-likeness (QED) is 0.457. The third kappa shape index (κ3) is 6.16. The molecule has 0 aliphatic carbocycles. The maximum atomic E-state index is 11.5. The Hall–Kier alpha value is -2.15. The van der Waals surface area contributed by atoms with Gasteiger partial charge in [0.2, 0.25) is 0 Å². The second kappa shape index (κ2) is 8.10. The molecule has 0 unspecified atom stereocenters. The molecule has 0 aliphatic heterocycles. The maximum Gasteiger partial charge on any atom is 0.382 e. The van der Waals surface area contributed by atoms with Gasteiger partial charge in [-0.2, -0.15) is 26.3 Å². The molecule has 0 atom stereocenters. The van der Waals surface area contributed by atoms with Gasteiger partial charge in [-0.1, -0.05) is 0 Å². The molecule has 1 aromatic rings. The highest BCUT2D eigenvalue weighted by Gasteiger charge is 2.15. The third-order valence-electron chi connectivity index (χ3n) is 2.49. The van der Waals surface area contributed by atoms with Crippen LogP contribution in [0.1, 0.15) is 5.56 Å². The van der Waals surface area contributed by atoms with E-state index in [-0.39, 0.29) is 17.1 Å². The Kier molecular flexibility index (Phi) is 6.71. The molecule has 12 heteroatoms. The fourth-order valence-corrected chi connectivity index (χ4v) is 2.25. The minimum Gasteiger partial charge on any atom is -0.466 e. The van der Waals surface area contributed by atoms with Gasteiger partial charge in [0.05, 0.1) is 7.11 Å². The van der Waals surface area contributed by atoms with Gasteiger partial charge in [0.15, 0.2) is 5.75 Å². The molecule has 10 nitrogen and oxygen atoms in total. The number of benzene rings is 1. The highest BCUT2D eigenvalue weighted by atomic mass is 32.2. The Bertz CT molecular complexity index is 831. The topological polar surface area (TPSA) is 137 Å². The molecule has 2 N–H and O–H groups in total. The maximum absolute atomic E-state index is 11.5. The predicted octanol–water partition coefficient (Wildman–Crippen LogP) is -0.441.